The lowest BCUT2D eigenvalue weighted by Crippen LogP contribution is -2.35. The van der Waals surface area contributed by atoms with E-state index in [9.17, 15) is 4.79 Å². The zero-order chi connectivity index (χ0) is 18.4. The molecule has 2 aromatic rings. The lowest BCUT2D eigenvalue weighted by atomic mass is 9.95. The SMILES string of the molecule is CCC(C)c1ccc(C(CC)NC(=O)C(CC)n2cc(Br)cn2)cc1. The van der Waals surface area contributed by atoms with Gasteiger partial charge in [-0.15, -0.1) is 0 Å². The van der Waals surface area contributed by atoms with Gasteiger partial charge >= 0.3 is 0 Å². The summed E-state index contributed by atoms with van der Waals surface area (Å²) < 4.78 is 2.60. The minimum absolute atomic E-state index is 0.0101. The summed E-state index contributed by atoms with van der Waals surface area (Å²) >= 11 is 3.39. The van der Waals surface area contributed by atoms with Crippen molar-refractivity contribution in [3.05, 3.63) is 52.3 Å². The molecule has 136 valence electrons. The number of nitrogens with zero attached hydrogens (tertiary/aromatic N) is 2. The number of halogens is 1. The van der Waals surface area contributed by atoms with Crippen molar-refractivity contribution in [3.8, 4) is 0 Å². The smallest absolute Gasteiger partial charge is 0.245 e. The van der Waals surface area contributed by atoms with Gasteiger partial charge in [-0.05, 0) is 52.2 Å². The normalized spacial score (nSPS) is 14.8. The van der Waals surface area contributed by atoms with Gasteiger partial charge in [0.05, 0.1) is 16.7 Å². The molecule has 2 rings (SSSR count). The van der Waals surface area contributed by atoms with Crippen molar-refractivity contribution in [2.75, 3.05) is 0 Å². The van der Waals surface area contributed by atoms with Gasteiger partial charge in [0.15, 0.2) is 0 Å². The predicted molar refractivity (Wildman–Crippen MR) is 106 cm³/mol. The van der Waals surface area contributed by atoms with Crippen LogP contribution < -0.4 is 5.32 Å². The minimum Gasteiger partial charge on any atom is -0.347 e. The van der Waals surface area contributed by atoms with Crippen molar-refractivity contribution in [2.24, 2.45) is 0 Å². The second-order valence-corrected chi connectivity index (χ2v) is 7.42. The maximum Gasteiger partial charge on any atom is 0.245 e. The average molecular weight is 406 g/mol. The van der Waals surface area contributed by atoms with Gasteiger partial charge < -0.3 is 5.32 Å². The lowest BCUT2D eigenvalue weighted by molar-refractivity contribution is -0.125. The first kappa shape index (κ1) is 19.7. The number of nitrogens with one attached hydrogen (secondary N) is 1. The highest BCUT2D eigenvalue weighted by molar-refractivity contribution is 9.10. The molecule has 0 radical (unpaired) electrons. The zero-order valence-corrected chi connectivity index (χ0v) is 17.1. The zero-order valence-electron chi connectivity index (χ0n) is 15.5. The van der Waals surface area contributed by atoms with E-state index in [-0.39, 0.29) is 18.0 Å². The highest BCUT2D eigenvalue weighted by Crippen LogP contribution is 2.24. The Morgan fingerprint density at radius 2 is 1.76 bits per heavy atom. The summed E-state index contributed by atoms with van der Waals surface area (Å²) in [6.07, 6.45) is 6.23. The Morgan fingerprint density at radius 1 is 1.12 bits per heavy atom. The molecule has 0 saturated carbocycles. The Morgan fingerprint density at radius 3 is 2.24 bits per heavy atom. The van der Waals surface area contributed by atoms with Crippen molar-refractivity contribution in [2.45, 2.75) is 65.0 Å². The van der Waals surface area contributed by atoms with Crippen LogP contribution in [0.15, 0.2) is 41.1 Å². The fraction of sp³-hybridized carbons (Fsp3) is 0.500. The maximum atomic E-state index is 12.8. The van der Waals surface area contributed by atoms with E-state index in [2.05, 4.69) is 71.4 Å². The monoisotopic (exact) mass is 405 g/mol. The number of hydrogen-bond acceptors (Lipinski definition) is 2. The number of hydrogen-bond donors (Lipinski definition) is 1. The summed E-state index contributed by atoms with van der Waals surface area (Å²) in [5, 5.41) is 7.45. The predicted octanol–water partition coefficient (Wildman–Crippen LogP) is 5.38. The number of amides is 1. The van der Waals surface area contributed by atoms with E-state index >= 15 is 0 Å². The van der Waals surface area contributed by atoms with E-state index in [4.69, 9.17) is 0 Å². The average Bonchev–Trinajstić information content (AvgIpc) is 3.05. The number of carbonyl (C=O) groups is 1. The van der Waals surface area contributed by atoms with Crippen LogP contribution in [0.5, 0.6) is 0 Å². The number of benzene rings is 1. The van der Waals surface area contributed by atoms with Crippen LogP contribution in [0, 0.1) is 0 Å². The molecule has 25 heavy (non-hydrogen) atoms. The fourth-order valence-corrected chi connectivity index (χ4v) is 3.26. The van der Waals surface area contributed by atoms with Crippen LogP contribution >= 0.6 is 15.9 Å². The first-order valence-electron chi connectivity index (χ1n) is 9.09. The van der Waals surface area contributed by atoms with Crippen LogP contribution in [0.2, 0.25) is 0 Å². The molecule has 1 aromatic heterocycles. The summed E-state index contributed by atoms with van der Waals surface area (Å²) in [4.78, 5) is 12.8. The van der Waals surface area contributed by atoms with Crippen molar-refractivity contribution < 1.29 is 4.79 Å². The van der Waals surface area contributed by atoms with Crippen LogP contribution in [0.4, 0.5) is 0 Å². The topological polar surface area (TPSA) is 46.9 Å². The summed E-state index contributed by atoms with van der Waals surface area (Å²) in [6.45, 7) is 8.54. The quantitative estimate of drug-likeness (QED) is 0.640. The largest absolute Gasteiger partial charge is 0.347 e. The number of rotatable bonds is 8. The summed E-state index contributed by atoms with van der Waals surface area (Å²) in [5.41, 5.74) is 2.50. The summed E-state index contributed by atoms with van der Waals surface area (Å²) in [6, 6.07) is 8.37. The molecule has 0 fully saturated rings. The molecule has 4 nitrogen and oxygen atoms in total. The molecular weight excluding hydrogens is 378 g/mol. The van der Waals surface area contributed by atoms with E-state index in [0.717, 1.165) is 22.9 Å². The van der Waals surface area contributed by atoms with E-state index < -0.39 is 0 Å². The van der Waals surface area contributed by atoms with Gasteiger partial charge in [0.25, 0.3) is 0 Å². The molecule has 1 N–H and O–H groups in total. The third-order valence-corrected chi connectivity index (χ3v) is 5.23. The molecule has 0 bridgehead atoms. The van der Waals surface area contributed by atoms with Gasteiger partial charge in [-0.1, -0.05) is 52.0 Å². The molecule has 0 aliphatic heterocycles. The van der Waals surface area contributed by atoms with Crippen LogP contribution in [0.1, 0.15) is 76.1 Å². The van der Waals surface area contributed by atoms with Gasteiger partial charge in [-0.25, -0.2) is 0 Å². The Hall–Kier alpha value is -1.62. The Balaban J connectivity index is 2.11. The van der Waals surface area contributed by atoms with Gasteiger partial charge in [0.2, 0.25) is 5.91 Å². The Labute approximate surface area is 159 Å². The van der Waals surface area contributed by atoms with Crippen LogP contribution in [-0.2, 0) is 4.79 Å². The van der Waals surface area contributed by atoms with E-state index in [1.165, 1.54) is 5.56 Å². The van der Waals surface area contributed by atoms with E-state index in [1.54, 1.807) is 10.9 Å². The first-order valence-corrected chi connectivity index (χ1v) is 9.89. The fourth-order valence-electron chi connectivity index (χ4n) is 2.96. The standard InChI is InChI=1S/C20H28BrN3O/c1-5-14(4)15-8-10-16(11-9-15)18(6-2)23-20(25)19(7-3)24-13-17(21)12-22-24/h8-14,18-19H,5-7H2,1-4H3,(H,23,25). The third kappa shape index (κ3) is 4.94. The number of aromatic nitrogens is 2. The molecule has 0 aliphatic rings. The Kier molecular flexibility index (Phi) is 7.24. The van der Waals surface area contributed by atoms with E-state index in [0.29, 0.717) is 12.3 Å². The molecule has 1 aromatic carbocycles. The molecular formula is C20H28BrN3O. The second kappa shape index (κ2) is 9.18. The van der Waals surface area contributed by atoms with Gasteiger partial charge in [0.1, 0.15) is 6.04 Å². The van der Waals surface area contributed by atoms with Crippen molar-refractivity contribution in [1.82, 2.24) is 15.1 Å². The molecule has 0 saturated heterocycles. The third-order valence-electron chi connectivity index (χ3n) is 4.82. The molecule has 1 amide bonds. The molecule has 0 spiro atoms. The molecule has 1 heterocycles. The first-order chi connectivity index (χ1) is 12.0. The van der Waals surface area contributed by atoms with Crippen molar-refractivity contribution in [3.63, 3.8) is 0 Å². The lowest BCUT2D eigenvalue weighted by Gasteiger charge is -2.22. The van der Waals surface area contributed by atoms with E-state index in [1.807, 2.05) is 13.1 Å². The van der Waals surface area contributed by atoms with Crippen molar-refractivity contribution >= 4 is 21.8 Å². The van der Waals surface area contributed by atoms with Gasteiger partial charge in [-0.3, -0.25) is 9.48 Å². The summed E-state index contributed by atoms with van der Waals surface area (Å²) in [5.74, 6) is 0.572. The van der Waals surface area contributed by atoms with Crippen molar-refractivity contribution in [1.29, 1.82) is 0 Å². The highest BCUT2D eigenvalue weighted by atomic mass is 79.9. The second-order valence-electron chi connectivity index (χ2n) is 6.51. The van der Waals surface area contributed by atoms with Crippen LogP contribution in [-0.4, -0.2) is 15.7 Å². The Bertz CT molecular complexity index is 681. The van der Waals surface area contributed by atoms with Crippen LogP contribution in [0.3, 0.4) is 0 Å². The summed E-state index contributed by atoms with van der Waals surface area (Å²) in [7, 11) is 0. The highest BCUT2D eigenvalue weighted by Gasteiger charge is 2.22. The molecule has 0 aliphatic carbocycles. The van der Waals surface area contributed by atoms with Gasteiger partial charge in [0, 0.05) is 6.20 Å². The molecule has 5 heteroatoms. The van der Waals surface area contributed by atoms with Gasteiger partial charge in [-0.2, -0.15) is 5.10 Å². The maximum absolute atomic E-state index is 12.8. The number of carbonyl (C=O) groups excluding carboxylic acids is 1. The molecule has 3 unspecified atom stereocenters. The minimum atomic E-state index is -0.292. The van der Waals surface area contributed by atoms with Crippen LogP contribution in [0.25, 0.3) is 0 Å². The molecule has 3 atom stereocenters.